The van der Waals surface area contributed by atoms with Gasteiger partial charge in [0.2, 0.25) is 0 Å². The van der Waals surface area contributed by atoms with Gasteiger partial charge in [0, 0.05) is 12.6 Å². The molecule has 5 nitrogen and oxygen atoms in total. The summed E-state index contributed by atoms with van der Waals surface area (Å²) in [6.07, 6.45) is 1.90. The molecule has 0 bridgehead atoms. The van der Waals surface area contributed by atoms with Gasteiger partial charge in [-0.15, -0.1) is 0 Å². The first-order valence-electron chi connectivity index (χ1n) is 7.98. The first-order valence-corrected chi connectivity index (χ1v) is 7.98. The van der Waals surface area contributed by atoms with Gasteiger partial charge in [-0.3, -0.25) is 4.90 Å². The van der Waals surface area contributed by atoms with Crippen LogP contribution in [0.5, 0.6) is 0 Å². The second kappa shape index (κ2) is 6.58. The molecular formula is C17H24N4O. The van der Waals surface area contributed by atoms with Crippen LogP contribution in [-0.2, 0) is 6.54 Å². The van der Waals surface area contributed by atoms with Crippen molar-refractivity contribution in [2.75, 3.05) is 13.1 Å². The lowest BCUT2D eigenvalue weighted by atomic mass is 10.1. The minimum atomic E-state index is -0.430. The van der Waals surface area contributed by atoms with Crippen LogP contribution in [0.2, 0.25) is 0 Å². The molecule has 0 unspecified atom stereocenters. The molecule has 3 rings (SSSR count). The molecule has 118 valence electrons. The Labute approximate surface area is 131 Å². The van der Waals surface area contributed by atoms with Crippen LogP contribution in [-0.4, -0.2) is 43.9 Å². The zero-order chi connectivity index (χ0) is 15.5. The lowest BCUT2D eigenvalue weighted by Gasteiger charge is -2.27. The van der Waals surface area contributed by atoms with Crippen molar-refractivity contribution in [3.05, 3.63) is 47.5 Å². The molecule has 5 heteroatoms. The molecule has 0 amide bonds. The van der Waals surface area contributed by atoms with E-state index in [1.807, 2.05) is 48.9 Å². The number of rotatable bonds is 5. The van der Waals surface area contributed by atoms with Crippen molar-refractivity contribution >= 4 is 0 Å². The Hall–Kier alpha value is -1.72. The van der Waals surface area contributed by atoms with Crippen LogP contribution in [0.1, 0.15) is 36.2 Å². The van der Waals surface area contributed by atoms with Gasteiger partial charge in [-0.1, -0.05) is 30.3 Å². The molecule has 0 radical (unpaired) electrons. The predicted octanol–water partition coefficient (Wildman–Crippen LogP) is 2.09. The molecule has 2 heterocycles. The van der Waals surface area contributed by atoms with Gasteiger partial charge in [-0.05, 0) is 38.8 Å². The number of β-amino-alcohol motifs (C(OH)–C–C–N with tert-alkyl or cyclic N) is 1. The van der Waals surface area contributed by atoms with Crippen LogP contribution in [0.4, 0.5) is 0 Å². The monoisotopic (exact) mass is 300 g/mol. The van der Waals surface area contributed by atoms with Gasteiger partial charge in [0.05, 0.1) is 12.6 Å². The van der Waals surface area contributed by atoms with E-state index in [1.165, 1.54) is 6.42 Å². The van der Waals surface area contributed by atoms with Crippen molar-refractivity contribution in [1.82, 2.24) is 19.7 Å². The smallest absolute Gasteiger partial charge is 0.147 e. The van der Waals surface area contributed by atoms with Crippen molar-refractivity contribution < 1.29 is 5.11 Å². The first-order chi connectivity index (χ1) is 10.6. The summed E-state index contributed by atoms with van der Waals surface area (Å²) in [5, 5.41) is 14.9. The zero-order valence-electron chi connectivity index (χ0n) is 13.3. The highest BCUT2D eigenvalue weighted by molar-refractivity contribution is 5.17. The number of nitrogens with zero attached hydrogens (tertiary/aromatic N) is 4. The van der Waals surface area contributed by atoms with Crippen LogP contribution in [0.3, 0.4) is 0 Å². The third kappa shape index (κ3) is 3.36. The van der Waals surface area contributed by atoms with E-state index in [4.69, 9.17) is 0 Å². The minimum absolute atomic E-state index is 0.429. The van der Waals surface area contributed by atoms with Gasteiger partial charge in [-0.25, -0.2) is 9.67 Å². The lowest BCUT2D eigenvalue weighted by molar-refractivity contribution is 0.100. The quantitative estimate of drug-likeness (QED) is 0.918. The molecule has 22 heavy (non-hydrogen) atoms. The Balaban J connectivity index is 1.64. The number of aromatic nitrogens is 3. The summed E-state index contributed by atoms with van der Waals surface area (Å²) in [4.78, 5) is 6.75. The number of aliphatic hydroxyl groups excluding tert-OH is 1. The molecular weight excluding hydrogens is 276 g/mol. The van der Waals surface area contributed by atoms with Gasteiger partial charge < -0.3 is 5.11 Å². The summed E-state index contributed by atoms with van der Waals surface area (Å²) in [6.45, 7) is 6.50. The van der Waals surface area contributed by atoms with Gasteiger partial charge in [-0.2, -0.15) is 5.10 Å². The molecule has 1 N–H and O–H groups in total. The SMILES string of the molecule is Cc1nc(C)n(C[C@H]2CCCN2C[C@H](O)c2ccccc2)n1. The zero-order valence-corrected chi connectivity index (χ0v) is 13.3. The standard InChI is InChI=1S/C17H24N4O/c1-13-18-14(2)21(19-13)11-16-9-6-10-20(16)12-17(22)15-7-4-3-5-8-15/h3-5,7-8,16-17,22H,6,9-12H2,1-2H3/t16-,17+/m1/s1. The average Bonchev–Trinajstić information content (AvgIpc) is 3.07. The van der Waals surface area contributed by atoms with Crippen LogP contribution in [0.15, 0.2) is 30.3 Å². The highest BCUT2D eigenvalue weighted by Gasteiger charge is 2.27. The third-order valence-electron chi connectivity index (χ3n) is 4.44. The van der Waals surface area contributed by atoms with E-state index in [0.717, 1.165) is 36.7 Å². The number of hydrogen-bond acceptors (Lipinski definition) is 4. The second-order valence-electron chi connectivity index (χ2n) is 6.11. The largest absolute Gasteiger partial charge is 0.387 e. The Kier molecular flexibility index (Phi) is 4.55. The van der Waals surface area contributed by atoms with Gasteiger partial charge in [0.15, 0.2) is 0 Å². The van der Waals surface area contributed by atoms with Crippen molar-refractivity contribution in [3.8, 4) is 0 Å². The van der Waals surface area contributed by atoms with Gasteiger partial charge in [0.25, 0.3) is 0 Å². The van der Waals surface area contributed by atoms with Gasteiger partial charge in [0.1, 0.15) is 11.6 Å². The van der Waals surface area contributed by atoms with Crippen molar-refractivity contribution in [3.63, 3.8) is 0 Å². The van der Waals surface area contributed by atoms with E-state index in [1.54, 1.807) is 0 Å². The van der Waals surface area contributed by atoms with Crippen molar-refractivity contribution in [2.24, 2.45) is 0 Å². The number of benzene rings is 1. The highest BCUT2D eigenvalue weighted by atomic mass is 16.3. The maximum Gasteiger partial charge on any atom is 0.147 e. The second-order valence-corrected chi connectivity index (χ2v) is 6.11. The normalized spacial score (nSPS) is 20.4. The van der Waals surface area contributed by atoms with Gasteiger partial charge >= 0.3 is 0 Å². The number of aryl methyl sites for hydroxylation is 2. The molecule has 1 fully saturated rings. The molecule has 2 atom stereocenters. The molecule has 1 saturated heterocycles. The topological polar surface area (TPSA) is 54.2 Å². The van der Waals surface area contributed by atoms with Crippen LogP contribution < -0.4 is 0 Å². The van der Waals surface area contributed by atoms with E-state index in [9.17, 15) is 5.11 Å². The molecule has 0 saturated carbocycles. The molecule has 0 aliphatic carbocycles. The van der Waals surface area contributed by atoms with E-state index in [2.05, 4.69) is 15.0 Å². The highest BCUT2D eigenvalue weighted by Crippen LogP contribution is 2.23. The Morgan fingerprint density at radius 3 is 2.73 bits per heavy atom. The summed E-state index contributed by atoms with van der Waals surface area (Å²) in [7, 11) is 0. The molecule has 0 spiro atoms. The maximum absolute atomic E-state index is 10.4. The number of hydrogen-bond donors (Lipinski definition) is 1. The molecule has 1 aliphatic rings. The minimum Gasteiger partial charge on any atom is -0.387 e. The van der Waals surface area contributed by atoms with E-state index in [0.29, 0.717) is 12.6 Å². The fourth-order valence-corrected chi connectivity index (χ4v) is 3.28. The maximum atomic E-state index is 10.4. The van der Waals surface area contributed by atoms with E-state index in [-0.39, 0.29) is 0 Å². The van der Waals surface area contributed by atoms with E-state index >= 15 is 0 Å². The number of aliphatic hydroxyl groups is 1. The summed E-state index contributed by atoms with van der Waals surface area (Å²) >= 11 is 0. The van der Waals surface area contributed by atoms with Crippen LogP contribution in [0.25, 0.3) is 0 Å². The Morgan fingerprint density at radius 1 is 1.27 bits per heavy atom. The lowest BCUT2D eigenvalue weighted by Crippen LogP contribution is -2.36. The van der Waals surface area contributed by atoms with Crippen molar-refractivity contribution in [1.29, 1.82) is 0 Å². The summed E-state index contributed by atoms with van der Waals surface area (Å²) in [6, 6.07) is 10.3. The van der Waals surface area contributed by atoms with Crippen molar-refractivity contribution in [2.45, 2.75) is 45.4 Å². The van der Waals surface area contributed by atoms with E-state index < -0.39 is 6.10 Å². The summed E-state index contributed by atoms with van der Waals surface area (Å²) < 4.78 is 1.99. The molecule has 1 aromatic carbocycles. The Morgan fingerprint density at radius 2 is 2.05 bits per heavy atom. The molecule has 1 aliphatic heterocycles. The third-order valence-corrected chi connectivity index (χ3v) is 4.44. The fraction of sp³-hybridized carbons (Fsp3) is 0.529. The number of likely N-dealkylation sites (tertiary alicyclic amines) is 1. The first kappa shape index (κ1) is 15.2. The van der Waals surface area contributed by atoms with Crippen LogP contribution >= 0.6 is 0 Å². The predicted molar refractivity (Wildman–Crippen MR) is 85.5 cm³/mol. The Bertz CT molecular complexity index is 610. The molecule has 2 aromatic rings. The average molecular weight is 300 g/mol. The van der Waals surface area contributed by atoms with Crippen LogP contribution in [0, 0.1) is 13.8 Å². The summed E-state index contributed by atoms with van der Waals surface area (Å²) in [5.41, 5.74) is 0.987. The summed E-state index contributed by atoms with van der Waals surface area (Å²) in [5.74, 6) is 1.79. The fourth-order valence-electron chi connectivity index (χ4n) is 3.28. The molecule has 1 aromatic heterocycles.